The number of aromatic nitrogens is 1. The van der Waals surface area contributed by atoms with Gasteiger partial charge in [-0.1, -0.05) is 48.5 Å². The molecule has 0 spiro atoms. The Bertz CT molecular complexity index is 1110. The van der Waals surface area contributed by atoms with Crippen LogP contribution in [0.25, 0.3) is 0 Å². The van der Waals surface area contributed by atoms with Gasteiger partial charge in [0.15, 0.2) is 0 Å². The maximum absolute atomic E-state index is 13.4. The van der Waals surface area contributed by atoms with Gasteiger partial charge in [-0.25, -0.2) is 0 Å². The number of carbonyl (C=O) groups excluding carboxylic acids is 3. The number of benzene rings is 2. The Kier molecular flexibility index (Phi) is 3.47. The molecule has 1 aromatic heterocycles. The van der Waals surface area contributed by atoms with E-state index >= 15 is 0 Å². The predicted molar refractivity (Wildman–Crippen MR) is 107 cm³/mol. The summed E-state index contributed by atoms with van der Waals surface area (Å²) in [6, 6.07) is 19.3. The second-order valence-electron chi connectivity index (χ2n) is 7.96. The molecule has 0 saturated carbocycles. The molecular weight excluding hydrogens is 378 g/mol. The van der Waals surface area contributed by atoms with E-state index in [4.69, 9.17) is 0 Å². The van der Waals surface area contributed by atoms with Gasteiger partial charge in [0.1, 0.15) is 0 Å². The van der Waals surface area contributed by atoms with Gasteiger partial charge in [-0.3, -0.25) is 24.8 Å². The van der Waals surface area contributed by atoms with Crippen LogP contribution in [0.3, 0.4) is 0 Å². The first-order valence-electron chi connectivity index (χ1n) is 9.93. The second kappa shape index (κ2) is 6.10. The number of hydrogen-bond donors (Lipinski definition) is 1. The molecule has 30 heavy (non-hydrogen) atoms. The van der Waals surface area contributed by atoms with Crippen LogP contribution in [0.2, 0.25) is 0 Å². The molecular formula is C24H17N3O3. The van der Waals surface area contributed by atoms with E-state index in [0.29, 0.717) is 5.56 Å². The highest BCUT2D eigenvalue weighted by molar-refractivity contribution is 6.09. The molecule has 1 N–H and O–H groups in total. The van der Waals surface area contributed by atoms with Crippen molar-refractivity contribution in [2.24, 2.45) is 11.8 Å². The topological polar surface area (TPSA) is 79.4 Å². The van der Waals surface area contributed by atoms with Gasteiger partial charge in [-0.2, -0.15) is 5.01 Å². The minimum atomic E-state index is -0.522. The molecule has 2 bridgehead atoms. The molecule has 6 heteroatoms. The van der Waals surface area contributed by atoms with Gasteiger partial charge in [-0.05, 0) is 34.4 Å². The molecule has 2 aromatic carbocycles. The van der Waals surface area contributed by atoms with Gasteiger partial charge < -0.3 is 0 Å². The van der Waals surface area contributed by atoms with Crippen molar-refractivity contribution in [3.8, 4) is 0 Å². The minimum Gasteiger partial charge on any atom is -0.272 e. The lowest BCUT2D eigenvalue weighted by atomic mass is 9.55. The van der Waals surface area contributed by atoms with E-state index in [2.05, 4.69) is 10.4 Å². The molecule has 4 aliphatic rings. The smallest absolute Gasteiger partial charge is 0.271 e. The summed E-state index contributed by atoms with van der Waals surface area (Å²) in [5, 5.41) is 0.933. The third kappa shape index (κ3) is 2.13. The Balaban J connectivity index is 1.44. The van der Waals surface area contributed by atoms with E-state index in [0.717, 1.165) is 27.3 Å². The number of rotatable bonds is 2. The normalized spacial score (nSPS) is 25.5. The number of amides is 3. The number of hydrazine groups is 1. The van der Waals surface area contributed by atoms with E-state index in [1.807, 2.05) is 48.5 Å². The second-order valence-corrected chi connectivity index (χ2v) is 7.96. The molecule has 1 saturated heterocycles. The third-order valence-electron chi connectivity index (χ3n) is 6.59. The summed E-state index contributed by atoms with van der Waals surface area (Å²) in [5.74, 6) is -2.62. The Morgan fingerprint density at radius 1 is 0.767 bits per heavy atom. The maximum atomic E-state index is 13.4. The number of nitrogens with zero attached hydrogens (tertiary/aromatic N) is 2. The van der Waals surface area contributed by atoms with Crippen molar-refractivity contribution in [1.82, 2.24) is 15.4 Å². The molecule has 6 nitrogen and oxygen atoms in total. The zero-order chi connectivity index (χ0) is 20.4. The first kappa shape index (κ1) is 17.1. The van der Waals surface area contributed by atoms with Gasteiger partial charge >= 0.3 is 0 Å². The summed E-state index contributed by atoms with van der Waals surface area (Å²) in [7, 11) is 0. The van der Waals surface area contributed by atoms with E-state index in [9.17, 15) is 14.4 Å². The summed E-state index contributed by atoms with van der Waals surface area (Å²) < 4.78 is 0. The van der Waals surface area contributed by atoms with Crippen LogP contribution in [0.5, 0.6) is 0 Å². The molecule has 3 amide bonds. The fraction of sp³-hybridized carbons (Fsp3) is 0.167. The summed E-state index contributed by atoms with van der Waals surface area (Å²) >= 11 is 0. The number of imide groups is 1. The summed E-state index contributed by atoms with van der Waals surface area (Å²) in [5.41, 5.74) is 7.23. The van der Waals surface area contributed by atoms with Gasteiger partial charge in [-0.15, -0.1) is 0 Å². The zero-order valence-corrected chi connectivity index (χ0v) is 15.9. The van der Waals surface area contributed by atoms with Gasteiger partial charge in [0.25, 0.3) is 17.7 Å². The largest absolute Gasteiger partial charge is 0.272 e. The van der Waals surface area contributed by atoms with Crippen molar-refractivity contribution in [3.05, 3.63) is 101 Å². The van der Waals surface area contributed by atoms with Gasteiger partial charge in [0, 0.05) is 24.2 Å². The first-order chi connectivity index (χ1) is 14.7. The van der Waals surface area contributed by atoms with E-state index in [-0.39, 0.29) is 23.7 Å². The maximum Gasteiger partial charge on any atom is 0.271 e. The Morgan fingerprint density at radius 2 is 1.27 bits per heavy atom. The standard InChI is InChI=1S/C24H17N3O3/c28-22(13-6-5-11-25-12-13)26-27-23(29)20-18-14-7-1-2-8-15(14)19(21(20)24(27)30)17-10-4-3-9-16(17)18/h1-12,18-21H,(H,26,28)/t18?,19?,20-,21-/m1/s1. The average Bonchev–Trinajstić information content (AvgIpc) is 3.05. The molecule has 2 atom stereocenters. The highest BCUT2D eigenvalue weighted by Crippen LogP contribution is 2.60. The van der Waals surface area contributed by atoms with Crippen LogP contribution in [0.15, 0.2) is 73.1 Å². The van der Waals surface area contributed by atoms with Crippen LogP contribution >= 0.6 is 0 Å². The fourth-order valence-electron chi connectivity index (χ4n) is 5.45. The van der Waals surface area contributed by atoms with E-state index < -0.39 is 17.7 Å². The van der Waals surface area contributed by atoms with Crippen LogP contribution in [0.1, 0.15) is 44.4 Å². The zero-order valence-electron chi connectivity index (χ0n) is 15.9. The lowest BCUT2D eigenvalue weighted by Crippen LogP contribution is -2.46. The highest BCUT2D eigenvalue weighted by atomic mass is 16.2. The van der Waals surface area contributed by atoms with Crippen molar-refractivity contribution in [2.45, 2.75) is 11.8 Å². The van der Waals surface area contributed by atoms with Gasteiger partial charge in [0.05, 0.1) is 17.4 Å². The highest BCUT2D eigenvalue weighted by Gasteiger charge is 2.62. The van der Waals surface area contributed by atoms with Crippen LogP contribution in [0, 0.1) is 11.8 Å². The quantitative estimate of drug-likeness (QED) is 0.677. The summed E-state index contributed by atoms with van der Waals surface area (Å²) in [6.45, 7) is 0. The monoisotopic (exact) mass is 395 g/mol. The van der Waals surface area contributed by atoms with Crippen molar-refractivity contribution in [2.75, 3.05) is 0 Å². The molecule has 3 aromatic rings. The number of pyridine rings is 1. The van der Waals surface area contributed by atoms with Crippen molar-refractivity contribution in [1.29, 1.82) is 0 Å². The Hall–Kier alpha value is -3.80. The fourth-order valence-corrected chi connectivity index (χ4v) is 5.45. The molecule has 2 heterocycles. The molecule has 1 aliphatic heterocycles. The summed E-state index contributed by atoms with van der Waals surface area (Å²) in [4.78, 5) is 43.3. The summed E-state index contributed by atoms with van der Waals surface area (Å²) in [6.07, 6.45) is 2.96. The van der Waals surface area contributed by atoms with Crippen LogP contribution in [-0.4, -0.2) is 27.7 Å². The predicted octanol–water partition coefficient (Wildman–Crippen LogP) is 2.62. The average molecular weight is 395 g/mol. The number of nitrogens with one attached hydrogen (secondary N) is 1. The molecule has 1 fully saturated rings. The van der Waals surface area contributed by atoms with E-state index in [1.165, 1.54) is 6.20 Å². The molecule has 146 valence electrons. The van der Waals surface area contributed by atoms with Crippen LogP contribution < -0.4 is 5.43 Å². The van der Waals surface area contributed by atoms with Crippen molar-refractivity contribution >= 4 is 17.7 Å². The third-order valence-corrected chi connectivity index (χ3v) is 6.59. The molecule has 7 rings (SSSR count). The molecule has 0 unspecified atom stereocenters. The van der Waals surface area contributed by atoms with Crippen LogP contribution in [-0.2, 0) is 9.59 Å². The van der Waals surface area contributed by atoms with Crippen molar-refractivity contribution < 1.29 is 14.4 Å². The number of carbonyl (C=O) groups is 3. The minimum absolute atomic E-state index is 0.191. The molecule has 0 radical (unpaired) electrons. The van der Waals surface area contributed by atoms with Gasteiger partial charge in [0.2, 0.25) is 0 Å². The SMILES string of the molecule is O=C(NN1C(=O)[C@@H]2C3c4ccccc4C(c4ccccc43)[C@H]2C1=O)c1cccnc1. The number of hydrogen-bond acceptors (Lipinski definition) is 4. The lowest BCUT2D eigenvalue weighted by Gasteiger charge is -2.45. The first-order valence-corrected chi connectivity index (χ1v) is 9.93. The van der Waals surface area contributed by atoms with E-state index in [1.54, 1.807) is 18.3 Å². The lowest BCUT2D eigenvalue weighted by molar-refractivity contribution is -0.142. The molecule has 3 aliphatic carbocycles. The Morgan fingerprint density at radius 3 is 1.70 bits per heavy atom. The Labute approximate surface area is 172 Å². The van der Waals surface area contributed by atoms with Crippen LogP contribution in [0.4, 0.5) is 0 Å². The van der Waals surface area contributed by atoms with Crippen molar-refractivity contribution in [3.63, 3.8) is 0 Å².